The van der Waals surface area contributed by atoms with Crippen LogP contribution in [-0.4, -0.2) is 17.7 Å². The highest BCUT2D eigenvalue weighted by Gasteiger charge is 1.79. The van der Waals surface area contributed by atoms with E-state index >= 15 is 0 Å². The molecule has 2 N–H and O–H groups in total. The predicted octanol–water partition coefficient (Wildman–Crippen LogP) is 0.753. The van der Waals surface area contributed by atoms with Crippen molar-refractivity contribution in [2.45, 2.75) is 13.3 Å². The van der Waals surface area contributed by atoms with E-state index in [2.05, 4.69) is 17.2 Å². The van der Waals surface area contributed by atoms with Crippen molar-refractivity contribution in [1.82, 2.24) is 0 Å². The maximum atomic E-state index is 5.17. The van der Waals surface area contributed by atoms with Crippen LogP contribution in [-0.2, 0) is 0 Å². The van der Waals surface area contributed by atoms with Gasteiger partial charge in [-0.15, -0.1) is 0 Å². The molecule has 8 heavy (non-hydrogen) atoms. The summed E-state index contributed by atoms with van der Waals surface area (Å²) in [7, 11) is 0. The van der Waals surface area contributed by atoms with Gasteiger partial charge in [0.25, 0.3) is 0 Å². The van der Waals surface area contributed by atoms with E-state index in [1.165, 1.54) is 0 Å². The summed E-state index contributed by atoms with van der Waals surface area (Å²) >= 11 is 4.60. The molecule has 2 nitrogen and oxygen atoms in total. The molecule has 0 aromatic carbocycles. The molecule has 0 unspecified atom stereocenters. The van der Waals surface area contributed by atoms with Crippen LogP contribution < -0.4 is 5.73 Å². The van der Waals surface area contributed by atoms with E-state index < -0.39 is 0 Å². The number of nitrogens with zero attached hydrogens (tertiary/aromatic N) is 1. The molecule has 0 saturated carbocycles. The van der Waals surface area contributed by atoms with Crippen LogP contribution in [0.25, 0.3) is 0 Å². The average Bonchev–Trinajstić information content (AvgIpc) is 1.66. The molecule has 0 aliphatic heterocycles. The smallest absolute Gasteiger partial charge is 0.0781 e. The van der Waals surface area contributed by atoms with E-state index in [1.807, 2.05) is 6.92 Å². The third kappa shape index (κ3) is 5.56. The van der Waals surface area contributed by atoms with E-state index in [1.54, 1.807) is 6.21 Å². The quantitative estimate of drug-likeness (QED) is 0.452. The van der Waals surface area contributed by atoms with Gasteiger partial charge in [0.1, 0.15) is 0 Å². The zero-order valence-corrected chi connectivity index (χ0v) is 5.74. The van der Waals surface area contributed by atoms with Crippen LogP contribution in [0.3, 0.4) is 0 Å². The van der Waals surface area contributed by atoms with Crippen molar-refractivity contribution in [3.8, 4) is 0 Å². The van der Waals surface area contributed by atoms with Crippen LogP contribution in [0.15, 0.2) is 4.99 Å². The standard InChI is InChI=1S/C5H10N2S/c1-2-7-4-3-5(6)8/h4H,2-3H2,1H3,(H2,6,8). The summed E-state index contributed by atoms with van der Waals surface area (Å²) in [6, 6.07) is 0. The Hall–Kier alpha value is -0.440. The van der Waals surface area contributed by atoms with Gasteiger partial charge in [-0.05, 0) is 6.92 Å². The normalized spacial score (nSPS) is 10.1. The summed E-state index contributed by atoms with van der Waals surface area (Å²) in [5.74, 6) is 0. The lowest BCUT2D eigenvalue weighted by Gasteiger charge is -1.84. The first-order chi connectivity index (χ1) is 3.77. The van der Waals surface area contributed by atoms with E-state index in [0.29, 0.717) is 11.4 Å². The highest BCUT2D eigenvalue weighted by molar-refractivity contribution is 7.80. The van der Waals surface area contributed by atoms with Gasteiger partial charge in [-0.2, -0.15) is 0 Å². The van der Waals surface area contributed by atoms with Crippen molar-refractivity contribution < 1.29 is 0 Å². The van der Waals surface area contributed by atoms with Gasteiger partial charge < -0.3 is 5.73 Å². The molecule has 0 spiro atoms. The predicted molar refractivity (Wildman–Crippen MR) is 40.4 cm³/mol. The SMILES string of the molecule is CCN=CCC(N)=S. The molecule has 0 heterocycles. The largest absolute Gasteiger partial charge is 0.393 e. The first-order valence-corrected chi connectivity index (χ1v) is 2.94. The first kappa shape index (κ1) is 7.56. The van der Waals surface area contributed by atoms with E-state index in [9.17, 15) is 0 Å². The van der Waals surface area contributed by atoms with E-state index in [4.69, 9.17) is 5.73 Å². The second kappa shape index (κ2) is 4.71. The fraction of sp³-hybridized carbons (Fsp3) is 0.600. The Morgan fingerprint density at radius 3 is 2.88 bits per heavy atom. The van der Waals surface area contributed by atoms with Crippen molar-refractivity contribution in [3.05, 3.63) is 0 Å². The number of thiocarbonyl (C=S) groups is 1. The molecule has 3 heteroatoms. The number of aliphatic imine (C=N–C) groups is 1. The Morgan fingerprint density at radius 1 is 1.88 bits per heavy atom. The molecule has 0 aromatic heterocycles. The van der Waals surface area contributed by atoms with Gasteiger partial charge >= 0.3 is 0 Å². The molecule has 46 valence electrons. The highest BCUT2D eigenvalue weighted by atomic mass is 32.1. The minimum Gasteiger partial charge on any atom is -0.393 e. The Kier molecular flexibility index (Phi) is 4.45. The molecule has 0 radical (unpaired) electrons. The van der Waals surface area contributed by atoms with Crippen LogP contribution >= 0.6 is 12.2 Å². The molecule has 0 atom stereocenters. The Bertz CT molecular complexity index is 98.6. The topological polar surface area (TPSA) is 38.4 Å². The maximum absolute atomic E-state index is 5.17. The van der Waals surface area contributed by atoms with Gasteiger partial charge in [0.2, 0.25) is 0 Å². The van der Waals surface area contributed by atoms with E-state index in [-0.39, 0.29) is 0 Å². The van der Waals surface area contributed by atoms with Crippen LogP contribution in [0.1, 0.15) is 13.3 Å². The lowest BCUT2D eigenvalue weighted by Crippen LogP contribution is -2.07. The third-order valence-corrected chi connectivity index (χ3v) is 0.771. The number of hydrogen-bond donors (Lipinski definition) is 1. The first-order valence-electron chi connectivity index (χ1n) is 2.54. The van der Waals surface area contributed by atoms with Crippen molar-refractivity contribution >= 4 is 23.4 Å². The molecule has 0 aliphatic rings. The van der Waals surface area contributed by atoms with Gasteiger partial charge in [0.05, 0.1) is 4.99 Å². The van der Waals surface area contributed by atoms with Crippen molar-refractivity contribution in [3.63, 3.8) is 0 Å². The fourth-order valence-electron chi connectivity index (χ4n) is 0.284. The summed E-state index contributed by atoms with van der Waals surface area (Å²) in [5, 5.41) is 0. The summed E-state index contributed by atoms with van der Waals surface area (Å²) in [4.78, 5) is 4.42. The van der Waals surface area contributed by atoms with Crippen LogP contribution in [0, 0.1) is 0 Å². The van der Waals surface area contributed by atoms with Crippen LogP contribution in [0.2, 0.25) is 0 Å². The second-order valence-electron chi connectivity index (χ2n) is 1.35. The molecule has 0 bridgehead atoms. The Morgan fingerprint density at radius 2 is 2.50 bits per heavy atom. The van der Waals surface area contributed by atoms with Gasteiger partial charge in [0, 0.05) is 19.2 Å². The van der Waals surface area contributed by atoms with Crippen molar-refractivity contribution in [2.75, 3.05) is 6.54 Å². The van der Waals surface area contributed by atoms with Gasteiger partial charge in [-0.25, -0.2) is 0 Å². The molecular weight excluding hydrogens is 120 g/mol. The van der Waals surface area contributed by atoms with Gasteiger partial charge in [0.15, 0.2) is 0 Å². The fourth-order valence-corrected chi connectivity index (χ4v) is 0.358. The Labute approximate surface area is 54.8 Å². The molecule has 0 aliphatic carbocycles. The molecule has 0 aromatic rings. The zero-order chi connectivity index (χ0) is 6.41. The molecule has 0 fully saturated rings. The van der Waals surface area contributed by atoms with E-state index in [0.717, 1.165) is 6.54 Å². The second-order valence-corrected chi connectivity index (χ2v) is 1.88. The van der Waals surface area contributed by atoms with Crippen molar-refractivity contribution in [1.29, 1.82) is 0 Å². The molecular formula is C5H10N2S. The summed E-state index contributed by atoms with van der Waals surface area (Å²) in [6.07, 6.45) is 2.37. The minimum absolute atomic E-state index is 0.502. The lowest BCUT2D eigenvalue weighted by molar-refractivity contribution is 1.13. The van der Waals surface area contributed by atoms with Gasteiger partial charge in [-0.3, -0.25) is 4.99 Å². The monoisotopic (exact) mass is 130 g/mol. The lowest BCUT2D eigenvalue weighted by atomic mass is 10.5. The minimum atomic E-state index is 0.502. The Balaban J connectivity index is 3.16. The molecule has 0 amide bonds. The average molecular weight is 130 g/mol. The maximum Gasteiger partial charge on any atom is 0.0781 e. The molecule has 0 saturated heterocycles. The zero-order valence-electron chi connectivity index (χ0n) is 4.92. The molecule has 0 rings (SSSR count). The summed E-state index contributed by atoms with van der Waals surface area (Å²) < 4.78 is 0. The third-order valence-electron chi connectivity index (χ3n) is 0.604. The van der Waals surface area contributed by atoms with Crippen LogP contribution in [0.4, 0.5) is 0 Å². The van der Waals surface area contributed by atoms with Gasteiger partial charge in [-0.1, -0.05) is 12.2 Å². The summed E-state index contributed by atoms with van der Waals surface area (Å²) in [5.41, 5.74) is 5.17. The van der Waals surface area contributed by atoms with Crippen molar-refractivity contribution in [2.24, 2.45) is 10.7 Å². The number of rotatable bonds is 3. The summed E-state index contributed by atoms with van der Waals surface area (Å²) in [6.45, 7) is 2.78. The van der Waals surface area contributed by atoms with Crippen LogP contribution in [0.5, 0.6) is 0 Å². The highest BCUT2D eigenvalue weighted by Crippen LogP contribution is 1.73. The number of nitrogens with two attached hydrogens (primary N) is 1. The number of hydrogen-bond acceptors (Lipinski definition) is 2.